The molecule has 1 saturated carbocycles. The van der Waals surface area contributed by atoms with Gasteiger partial charge in [-0.1, -0.05) is 25.0 Å². The monoisotopic (exact) mass is 402 g/mol. The second kappa shape index (κ2) is 7.86. The lowest BCUT2D eigenvalue weighted by Gasteiger charge is -2.34. The Morgan fingerprint density at radius 1 is 1.17 bits per heavy atom. The van der Waals surface area contributed by atoms with E-state index in [1.54, 1.807) is 11.0 Å². The Kier molecular flexibility index (Phi) is 5.42. The molecule has 7 heteroatoms. The van der Waals surface area contributed by atoms with Gasteiger partial charge in [0.1, 0.15) is 5.82 Å². The van der Waals surface area contributed by atoms with Crippen molar-refractivity contribution in [2.45, 2.75) is 68.9 Å². The van der Waals surface area contributed by atoms with Gasteiger partial charge in [-0.3, -0.25) is 19.3 Å². The molecule has 0 aromatic heterocycles. The zero-order valence-electron chi connectivity index (χ0n) is 16.5. The highest BCUT2D eigenvalue weighted by molar-refractivity contribution is 6.11. The second-order valence-corrected chi connectivity index (χ2v) is 8.59. The lowest BCUT2D eigenvalue weighted by molar-refractivity contribution is -0.145. The zero-order valence-corrected chi connectivity index (χ0v) is 16.5. The van der Waals surface area contributed by atoms with Gasteiger partial charge in [0.05, 0.1) is 11.5 Å². The summed E-state index contributed by atoms with van der Waals surface area (Å²) in [6.45, 7) is 0.746. The van der Waals surface area contributed by atoms with Crippen LogP contribution in [0.25, 0.3) is 0 Å². The molecule has 2 aliphatic heterocycles. The average Bonchev–Trinajstić information content (AvgIpc) is 3.29. The molecule has 156 valence electrons. The van der Waals surface area contributed by atoms with Crippen LogP contribution in [0.5, 0.6) is 0 Å². The van der Waals surface area contributed by atoms with E-state index in [0.717, 1.165) is 25.7 Å². The SMILES string of the molecule is O=C(C[C@]1(c2cccc(F)c2)CC(=O)N(C2CCCC2)C1=O)N1CCC[C@@H](O)C1. The van der Waals surface area contributed by atoms with Gasteiger partial charge >= 0.3 is 0 Å². The Labute approximate surface area is 169 Å². The van der Waals surface area contributed by atoms with E-state index in [4.69, 9.17) is 0 Å². The normalized spacial score (nSPS) is 28.4. The third kappa shape index (κ3) is 3.68. The van der Waals surface area contributed by atoms with Crippen molar-refractivity contribution in [2.24, 2.45) is 0 Å². The predicted molar refractivity (Wildman–Crippen MR) is 103 cm³/mol. The largest absolute Gasteiger partial charge is 0.391 e. The van der Waals surface area contributed by atoms with Gasteiger partial charge in [-0.25, -0.2) is 4.39 Å². The number of nitrogens with zero attached hydrogens (tertiary/aromatic N) is 2. The number of hydrogen-bond donors (Lipinski definition) is 1. The number of amides is 3. The summed E-state index contributed by atoms with van der Waals surface area (Å²) in [5, 5.41) is 9.91. The Morgan fingerprint density at radius 2 is 1.93 bits per heavy atom. The maximum Gasteiger partial charge on any atom is 0.241 e. The molecule has 1 aromatic carbocycles. The molecule has 3 fully saturated rings. The number of carbonyl (C=O) groups is 3. The van der Waals surface area contributed by atoms with Crippen LogP contribution in [0.3, 0.4) is 0 Å². The minimum absolute atomic E-state index is 0.117. The quantitative estimate of drug-likeness (QED) is 0.783. The van der Waals surface area contributed by atoms with Crippen molar-refractivity contribution in [2.75, 3.05) is 13.1 Å². The third-order valence-electron chi connectivity index (χ3n) is 6.62. The minimum Gasteiger partial charge on any atom is -0.391 e. The molecule has 2 saturated heterocycles. The molecule has 1 N–H and O–H groups in total. The Balaban J connectivity index is 1.68. The highest BCUT2D eigenvalue weighted by Crippen LogP contribution is 2.43. The summed E-state index contributed by atoms with van der Waals surface area (Å²) >= 11 is 0. The predicted octanol–water partition coefficient (Wildman–Crippen LogP) is 2.14. The molecule has 2 heterocycles. The summed E-state index contributed by atoms with van der Waals surface area (Å²) in [6, 6.07) is 5.57. The Hall–Kier alpha value is -2.28. The minimum atomic E-state index is -1.37. The smallest absolute Gasteiger partial charge is 0.241 e. The van der Waals surface area contributed by atoms with Gasteiger partial charge in [0, 0.05) is 32.0 Å². The Bertz CT molecular complexity index is 823. The van der Waals surface area contributed by atoms with E-state index < -0.39 is 17.3 Å². The van der Waals surface area contributed by atoms with Crippen LogP contribution in [0.15, 0.2) is 24.3 Å². The fourth-order valence-electron chi connectivity index (χ4n) is 5.10. The summed E-state index contributed by atoms with van der Waals surface area (Å²) in [7, 11) is 0. The maximum absolute atomic E-state index is 14.0. The highest BCUT2D eigenvalue weighted by atomic mass is 19.1. The average molecular weight is 402 g/mol. The van der Waals surface area contributed by atoms with Crippen LogP contribution < -0.4 is 0 Å². The van der Waals surface area contributed by atoms with Crippen molar-refractivity contribution in [3.63, 3.8) is 0 Å². The van der Waals surface area contributed by atoms with Crippen LogP contribution >= 0.6 is 0 Å². The maximum atomic E-state index is 14.0. The van der Waals surface area contributed by atoms with E-state index in [9.17, 15) is 23.9 Å². The molecular weight excluding hydrogens is 375 g/mol. The number of carbonyl (C=O) groups excluding carboxylic acids is 3. The van der Waals surface area contributed by atoms with Crippen molar-refractivity contribution in [1.82, 2.24) is 9.80 Å². The first kappa shape index (κ1) is 20.0. The van der Waals surface area contributed by atoms with Crippen molar-refractivity contribution < 1.29 is 23.9 Å². The summed E-state index contributed by atoms with van der Waals surface area (Å²) in [5.41, 5.74) is -0.997. The molecule has 0 bridgehead atoms. The van der Waals surface area contributed by atoms with Gasteiger partial charge in [0.15, 0.2) is 0 Å². The number of imide groups is 1. The van der Waals surface area contributed by atoms with Gasteiger partial charge in [0.2, 0.25) is 17.7 Å². The molecule has 3 aliphatic rings. The van der Waals surface area contributed by atoms with Crippen LogP contribution in [0, 0.1) is 5.82 Å². The standard InChI is InChI=1S/C22H27FN2O4/c23-16-6-3-5-15(11-16)22(12-19(27)24-10-4-9-18(26)14-24)13-20(28)25(21(22)29)17-7-1-2-8-17/h3,5-6,11,17-18,26H,1-2,4,7-10,12-14H2/t18-,22-/m1/s1. The molecule has 0 radical (unpaired) electrons. The van der Waals surface area contributed by atoms with E-state index in [1.165, 1.54) is 23.1 Å². The molecule has 3 amide bonds. The van der Waals surface area contributed by atoms with Gasteiger partial charge in [-0.2, -0.15) is 0 Å². The van der Waals surface area contributed by atoms with Crippen molar-refractivity contribution in [3.05, 3.63) is 35.6 Å². The number of halogens is 1. The number of benzene rings is 1. The molecule has 0 spiro atoms. The number of rotatable bonds is 4. The molecule has 0 unspecified atom stereocenters. The fourth-order valence-corrected chi connectivity index (χ4v) is 5.10. The topological polar surface area (TPSA) is 77.9 Å². The third-order valence-corrected chi connectivity index (χ3v) is 6.62. The summed E-state index contributed by atoms with van der Waals surface area (Å²) in [6.07, 6.45) is 3.97. The summed E-state index contributed by atoms with van der Waals surface area (Å²) in [5.74, 6) is -1.44. The number of aliphatic hydroxyl groups excluding tert-OH is 1. The lowest BCUT2D eigenvalue weighted by Crippen LogP contribution is -2.48. The number of hydrogen-bond acceptors (Lipinski definition) is 4. The van der Waals surface area contributed by atoms with Crippen LogP contribution in [0.4, 0.5) is 4.39 Å². The van der Waals surface area contributed by atoms with E-state index in [2.05, 4.69) is 0 Å². The molecule has 6 nitrogen and oxygen atoms in total. The number of likely N-dealkylation sites (tertiary alicyclic amines) is 2. The Morgan fingerprint density at radius 3 is 2.62 bits per heavy atom. The molecule has 4 rings (SSSR count). The van der Waals surface area contributed by atoms with Gasteiger partial charge in [-0.15, -0.1) is 0 Å². The lowest BCUT2D eigenvalue weighted by atomic mass is 9.75. The molecule has 1 aromatic rings. The number of piperidine rings is 1. The van der Waals surface area contributed by atoms with Gasteiger partial charge in [0.25, 0.3) is 0 Å². The molecule has 29 heavy (non-hydrogen) atoms. The molecule has 1 aliphatic carbocycles. The first-order valence-electron chi connectivity index (χ1n) is 10.5. The highest BCUT2D eigenvalue weighted by Gasteiger charge is 2.56. The van der Waals surface area contributed by atoms with E-state index >= 15 is 0 Å². The van der Waals surface area contributed by atoms with Crippen LogP contribution in [-0.2, 0) is 19.8 Å². The van der Waals surface area contributed by atoms with Crippen molar-refractivity contribution >= 4 is 17.7 Å². The first-order valence-corrected chi connectivity index (χ1v) is 10.5. The summed E-state index contributed by atoms with van der Waals surface area (Å²) < 4.78 is 14.0. The zero-order chi connectivity index (χ0) is 20.6. The second-order valence-electron chi connectivity index (χ2n) is 8.59. The summed E-state index contributed by atoms with van der Waals surface area (Å²) in [4.78, 5) is 42.5. The van der Waals surface area contributed by atoms with Crippen molar-refractivity contribution in [3.8, 4) is 0 Å². The molecular formula is C22H27FN2O4. The van der Waals surface area contributed by atoms with Crippen LogP contribution in [0.2, 0.25) is 0 Å². The van der Waals surface area contributed by atoms with Crippen molar-refractivity contribution in [1.29, 1.82) is 0 Å². The van der Waals surface area contributed by atoms with Gasteiger partial charge in [-0.05, 0) is 43.4 Å². The van der Waals surface area contributed by atoms with Crippen LogP contribution in [0.1, 0.15) is 56.9 Å². The first-order chi connectivity index (χ1) is 13.9. The van der Waals surface area contributed by atoms with Gasteiger partial charge < -0.3 is 10.0 Å². The fraction of sp³-hybridized carbons (Fsp3) is 0.591. The number of β-amino-alcohol motifs (C(OH)–C–C–N with tert-alkyl or cyclic N) is 1. The van der Waals surface area contributed by atoms with E-state index in [-0.39, 0.29) is 43.1 Å². The molecule has 2 atom stereocenters. The van der Waals surface area contributed by atoms with E-state index in [0.29, 0.717) is 24.9 Å². The van der Waals surface area contributed by atoms with Crippen LogP contribution in [-0.4, -0.2) is 57.9 Å². The van der Waals surface area contributed by atoms with E-state index in [1.807, 2.05) is 0 Å². The number of aliphatic hydroxyl groups is 1.